The smallest absolute Gasteiger partial charge is 0.337 e. The SMILES string of the molecule is NC(=O)CNC(=O)Nc1c(Br)cccc1C(=O)O. The normalized spacial score (nSPS) is 9.61. The predicted octanol–water partition coefficient (Wildman–Crippen LogP) is 0.754. The number of anilines is 1. The molecule has 0 heterocycles. The van der Waals surface area contributed by atoms with Gasteiger partial charge < -0.3 is 21.5 Å². The van der Waals surface area contributed by atoms with Gasteiger partial charge in [-0.2, -0.15) is 0 Å². The first-order valence-electron chi connectivity index (χ1n) is 4.76. The van der Waals surface area contributed by atoms with Gasteiger partial charge >= 0.3 is 12.0 Å². The van der Waals surface area contributed by atoms with Crippen LogP contribution in [0.3, 0.4) is 0 Å². The number of hydrogen-bond acceptors (Lipinski definition) is 3. The van der Waals surface area contributed by atoms with Gasteiger partial charge in [0.05, 0.1) is 17.8 Å². The van der Waals surface area contributed by atoms with E-state index in [0.717, 1.165) is 0 Å². The maximum Gasteiger partial charge on any atom is 0.337 e. The maximum absolute atomic E-state index is 11.4. The van der Waals surface area contributed by atoms with Crippen molar-refractivity contribution in [3.05, 3.63) is 28.2 Å². The number of amides is 3. The summed E-state index contributed by atoms with van der Waals surface area (Å²) in [5.41, 5.74) is 4.89. The third-order valence-corrected chi connectivity index (χ3v) is 2.57. The molecule has 0 unspecified atom stereocenters. The molecule has 0 aromatic heterocycles. The number of aromatic carboxylic acids is 1. The standard InChI is InChI=1S/C10H10BrN3O4/c11-6-3-1-2-5(9(16)17)8(6)14-10(18)13-4-7(12)15/h1-3H,4H2,(H2,12,15)(H,16,17)(H2,13,14,18). The molecule has 0 aliphatic carbocycles. The minimum absolute atomic E-state index is 0.0707. The molecule has 1 rings (SSSR count). The second-order valence-electron chi connectivity index (χ2n) is 3.24. The monoisotopic (exact) mass is 315 g/mol. The molecule has 7 nitrogen and oxygen atoms in total. The van der Waals surface area contributed by atoms with E-state index in [4.69, 9.17) is 10.8 Å². The molecule has 0 aliphatic heterocycles. The number of urea groups is 1. The van der Waals surface area contributed by atoms with E-state index in [1.807, 2.05) is 0 Å². The molecule has 0 aliphatic rings. The number of para-hydroxylation sites is 1. The summed E-state index contributed by atoms with van der Waals surface area (Å²) in [4.78, 5) is 32.8. The molecular weight excluding hydrogens is 306 g/mol. The Morgan fingerprint density at radius 1 is 1.33 bits per heavy atom. The van der Waals surface area contributed by atoms with Gasteiger partial charge in [0.25, 0.3) is 0 Å². The van der Waals surface area contributed by atoms with Gasteiger partial charge in [-0.3, -0.25) is 4.79 Å². The summed E-state index contributed by atoms with van der Waals surface area (Å²) in [6.07, 6.45) is 0. The van der Waals surface area contributed by atoms with Gasteiger partial charge in [0, 0.05) is 4.47 Å². The van der Waals surface area contributed by atoms with Crippen molar-refractivity contribution in [1.29, 1.82) is 0 Å². The van der Waals surface area contributed by atoms with Gasteiger partial charge in [0.2, 0.25) is 5.91 Å². The van der Waals surface area contributed by atoms with E-state index in [2.05, 4.69) is 26.6 Å². The number of hydrogen-bond donors (Lipinski definition) is 4. The van der Waals surface area contributed by atoms with Crippen LogP contribution in [-0.2, 0) is 4.79 Å². The van der Waals surface area contributed by atoms with Crippen molar-refractivity contribution in [1.82, 2.24) is 5.32 Å². The molecule has 5 N–H and O–H groups in total. The molecule has 18 heavy (non-hydrogen) atoms. The van der Waals surface area contributed by atoms with Crippen molar-refractivity contribution in [3.63, 3.8) is 0 Å². The van der Waals surface area contributed by atoms with E-state index in [0.29, 0.717) is 4.47 Å². The average Bonchev–Trinajstić information content (AvgIpc) is 2.28. The molecule has 0 radical (unpaired) electrons. The minimum Gasteiger partial charge on any atom is -0.478 e. The van der Waals surface area contributed by atoms with Crippen LogP contribution in [0.15, 0.2) is 22.7 Å². The topological polar surface area (TPSA) is 122 Å². The second-order valence-corrected chi connectivity index (χ2v) is 4.10. The minimum atomic E-state index is -1.18. The summed E-state index contributed by atoms with van der Waals surface area (Å²) in [5, 5.41) is 13.5. The van der Waals surface area contributed by atoms with Crippen molar-refractivity contribution < 1.29 is 19.5 Å². The summed E-state index contributed by atoms with van der Waals surface area (Å²) < 4.78 is 0.414. The van der Waals surface area contributed by atoms with Crippen molar-refractivity contribution in [2.24, 2.45) is 5.73 Å². The Labute approximate surface area is 110 Å². The fourth-order valence-electron chi connectivity index (χ4n) is 1.15. The summed E-state index contributed by atoms with van der Waals surface area (Å²) in [5.74, 6) is -1.88. The van der Waals surface area contributed by atoms with Gasteiger partial charge in [-0.1, -0.05) is 6.07 Å². The van der Waals surface area contributed by atoms with Gasteiger partial charge in [-0.05, 0) is 28.1 Å². The number of rotatable bonds is 4. The lowest BCUT2D eigenvalue weighted by Crippen LogP contribution is -2.36. The van der Waals surface area contributed by atoms with Crippen LogP contribution < -0.4 is 16.4 Å². The van der Waals surface area contributed by atoms with Crippen LogP contribution in [0.4, 0.5) is 10.5 Å². The zero-order chi connectivity index (χ0) is 13.7. The molecule has 0 saturated carbocycles. The van der Waals surface area contributed by atoms with Crippen molar-refractivity contribution >= 4 is 39.5 Å². The molecular formula is C10H10BrN3O4. The number of carbonyl (C=O) groups is 3. The molecule has 1 aromatic rings. The number of benzene rings is 1. The third-order valence-electron chi connectivity index (χ3n) is 1.91. The zero-order valence-electron chi connectivity index (χ0n) is 9.07. The Morgan fingerprint density at radius 3 is 2.56 bits per heavy atom. The first kappa shape index (κ1) is 14.0. The molecule has 0 saturated heterocycles. The van der Waals surface area contributed by atoms with Crippen LogP contribution in [0.1, 0.15) is 10.4 Å². The Bertz CT molecular complexity index is 504. The van der Waals surface area contributed by atoms with Crippen LogP contribution in [-0.4, -0.2) is 29.6 Å². The fraction of sp³-hybridized carbons (Fsp3) is 0.100. The Balaban J connectivity index is 2.86. The van der Waals surface area contributed by atoms with Crippen LogP contribution in [0.25, 0.3) is 0 Å². The quantitative estimate of drug-likeness (QED) is 0.655. The zero-order valence-corrected chi connectivity index (χ0v) is 10.7. The van der Waals surface area contributed by atoms with Crippen LogP contribution in [0.2, 0.25) is 0 Å². The highest BCUT2D eigenvalue weighted by Gasteiger charge is 2.15. The molecule has 0 spiro atoms. The molecule has 0 bridgehead atoms. The van der Waals surface area contributed by atoms with Gasteiger partial charge in [-0.15, -0.1) is 0 Å². The van der Waals surface area contributed by atoms with Crippen molar-refractivity contribution in [3.8, 4) is 0 Å². The average molecular weight is 316 g/mol. The maximum atomic E-state index is 11.4. The lowest BCUT2D eigenvalue weighted by molar-refractivity contribution is -0.117. The second kappa shape index (κ2) is 6.01. The molecule has 0 fully saturated rings. The number of nitrogens with one attached hydrogen (secondary N) is 2. The van der Waals surface area contributed by atoms with E-state index < -0.39 is 17.9 Å². The molecule has 96 valence electrons. The predicted molar refractivity (Wildman–Crippen MR) is 67.3 cm³/mol. The van der Waals surface area contributed by atoms with E-state index >= 15 is 0 Å². The van der Waals surface area contributed by atoms with Crippen molar-refractivity contribution in [2.75, 3.05) is 11.9 Å². The molecule has 0 atom stereocenters. The van der Waals surface area contributed by atoms with Crippen molar-refractivity contribution in [2.45, 2.75) is 0 Å². The van der Waals surface area contributed by atoms with Gasteiger partial charge in [-0.25, -0.2) is 9.59 Å². The summed E-state index contributed by atoms with van der Waals surface area (Å²) in [7, 11) is 0. The first-order valence-corrected chi connectivity index (χ1v) is 5.56. The van der Waals surface area contributed by atoms with Gasteiger partial charge in [0.15, 0.2) is 0 Å². The number of primary amides is 1. The van der Waals surface area contributed by atoms with Crippen LogP contribution in [0.5, 0.6) is 0 Å². The highest BCUT2D eigenvalue weighted by atomic mass is 79.9. The fourth-order valence-corrected chi connectivity index (χ4v) is 1.62. The summed E-state index contributed by atoms with van der Waals surface area (Å²) in [6.45, 7) is -0.335. The number of carbonyl (C=O) groups excluding carboxylic acids is 2. The summed E-state index contributed by atoms with van der Waals surface area (Å²) >= 11 is 3.13. The highest BCUT2D eigenvalue weighted by molar-refractivity contribution is 9.10. The number of carboxylic acids is 1. The molecule has 1 aromatic carbocycles. The highest BCUT2D eigenvalue weighted by Crippen LogP contribution is 2.26. The number of nitrogens with two attached hydrogens (primary N) is 1. The Morgan fingerprint density at radius 2 is 2.00 bits per heavy atom. The molecule has 8 heteroatoms. The van der Waals surface area contributed by atoms with Crippen LogP contribution >= 0.6 is 15.9 Å². The Hall–Kier alpha value is -2.09. The van der Waals surface area contributed by atoms with E-state index in [1.165, 1.54) is 12.1 Å². The lowest BCUT2D eigenvalue weighted by atomic mass is 10.2. The van der Waals surface area contributed by atoms with Crippen LogP contribution in [0, 0.1) is 0 Å². The summed E-state index contributed by atoms with van der Waals surface area (Å²) in [6, 6.07) is 3.73. The third kappa shape index (κ3) is 3.74. The number of carboxylic acid groups (broad SMARTS) is 1. The largest absolute Gasteiger partial charge is 0.478 e. The van der Waals surface area contributed by atoms with E-state index in [9.17, 15) is 14.4 Å². The first-order chi connectivity index (χ1) is 8.41. The molecule has 3 amide bonds. The van der Waals surface area contributed by atoms with Gasteiger partial charge in [0.1, 0.15) is 0 Å². The van der Waals surface area contributed by atoms with E-state index in [-0.39, 0.29) is 17.8 Å². The van der Waals surface area contributed by atoms with E-state index in [1.54, 1.807) is 6.07 Å². The Kier molecular flexibility index (Phi) is 4.67. The lowest BCUT2D eigenvalue weighted by Gasteiger charge is -2.10. The number of halogens is 1.